The van der Waals surface area contributed by atoms with Gasteiger partial charge in [0.2, 0.25) is 10.0 Å². The molecule has 0 atom stereocenters. The van der Waals surface area contributed by atoms with Crippen LogP contribution >= 0.6 is 22.9 Å². The van der Waals surface area contributed by atoms with Gasteiger partial charge in [-0.25, -0.2) is 18.2 Å². The predicted octanol–water partition coefficient (Wildman–Crippen LogP) is 5.08. The maximum atomic E-state index is 13.1. The number of aromatic nitrogens is 1. The van der Waals surface area contributed by atoms with Crippen molar-refractivity contribution in [1.82, 2.24) is 9.29 Å². The van der Waals surface area contributed by atoms with Crippen molar-refractivity contribution in [3.8, 4) is 11.3 Å². The summed E-state index contributed by atoms with van der Waals surface area (Å²) < 4.78 is 32.4. The Morgan fingerprint density at radius 3 is 2.41 bits per heavy atom. The van der Waals surface area contributed by atoms with E-state index in [-0.39, 0.29) is 22.0 Å². The second-order valence-electron chi connectivity index (χ2n) is 7.92. The first kappa shape index (κ1) is 26.5. The number of esters is 1. The van der Waals surface area contributed by atoms with E-state index < -0.39 is 28.5 Å². The third-order valence-corrected chi connectivity index (χ3v) is 8.16. The molecule has 1 heterocycles. The van der Waals surface area contributed by atoms with Gasteiger partial charge in [-0.15, -0.1) is 11.3 Å². The Hall–Kier alpha value is -3.57. The number of hydrogen-bond donors (Lipinski definition) is 1. The quantitative estimate of drug-likeness (QED) is 0.289. The molecule has 190 valence electrons. The van der Waals surface area contributed by atoms with Crippen molar-refractivity contribution in [1.29, 1.82) is 0 Å². The molecule has 0 saturated heterocycles. The van der Waals surface area contributed by atoms with Crippen molar-refractivity contribution < 1.29 is 22.7 Å². The average Bonchev–Trinajstić information content (AvgIpc) is 3.37. The second kappa shape index (κ2) is 11.7. The number of nitrogens with one attached hydrogen (secondary N) is 1. The van der Waals surface area contributed by atoms with E-state index in [0.717, 1.165) is 17.2 Å². The Bertz CT molecular complexity index is 1510. The van der Waals surface area contributed by atoms with E-state index in [0.29, 0.717) is 10.8 Å². The fourth-order valence-electron chi connectivity index (χ4n) is 3.36. The van der Waals surface area contributed by atoms with Crippen LogP contribution in [0.15, 0.2) is 89.1 Å². The van der Waals surface area contributed by atoms with Gasteiger partial charge in [-0.1, -0.05) is 72.3 Å². The SMILES string of the molecule is CN(Cc1ccccc1)S(=O)(=O)c1ccc(Cl)c(C(=O)OCC(=O)Nc2nc(-c3ccccc3)cs2)c1. The van der Waals surface area contributed by atoms with Crippen LogP contribution < -0.4 is 5.32 Å². The number of carbonyl (C=O) groups excluding carboxylic acids is 2. The molecule has 4 rings (SSSR count). The highest BCUT2D eigenvalue weighted by Gasteiger charge is 2.24. The van der Waals surface area contributed by atoms with Crippen molar-refractivity contribution in [2.45, 2.75) is 11.4 Å². The van der Waals surface area contributed by atoms with Crippen LogP contribution in [-0.4, -0.2) is 43.2 Å². The summed E-state index contributed by atoms with van der Waals surface area (Å²) in [7, 11) is -2.48. The minimum atomic E-state index is -3.92. The van der Waals surface area contributed by atoms with E-state index >= 15 is 0 Å². The van der Waals surface area contributed by atoms with Gasteiger partial charge in [0.25, 0.3) is 5.91 Å². The molecule has 0 aliphatic rings. The summed E-state index contributed by atoms with van der Waals surface area (Å²) in [5.74, 6) is -1.52. The molecule has 1 amide bonds. The third kappa shape index (κ3) is 6.60. The van der Waals surface area contributed by atoms with Crippen LogP contribution in [0, 0.1) is 0 Å². The zero-order valence-corrected chi connectivity index (χ0v) is 22.0. The topological polar surface area (TPSA) is 106 Å². The summed E-state index contributed by atoms with van der Waals surface area (Å²) in [4.78, 5) is 29.2. The van der Waals surface area contributed by atoms with Crippen molar-refractivity contribution in [2.24, 2.45) is 0 Å². The molecule has 4 aromatic rings. The lowest BCUT2D eigenvalue weighted by Crippen LogP contribution is -2.27. The lowest BCUT2D eigenvalue weighted by molar-refractivity contribution is -0.119. The summed E-state index contributed by atoms with van der Waals surface area (Å²) >= 11 is 7.38. The lowest BCUT2D eigenvalue weighted by atomic mass is 10.2. The highest BCUT2D eigenvalue weighted by atomic mass is 35.5. The molecule has 0 bridgehead atoms. The molecule has 11 heteroatoms. The second-order valence-corrected chi connectivity index (χ2v) is 11.2. The predicted molar refractivity (Wildman–Crippen MR) is 143 cm³/mol. The van der Waals surface area contributed by atoms with Gasteiger partial charge in [-0.05, 0) is 23.8 Å². The van der Waals surface area contributed by atoms with Gasteiger partial charge in [0, 0.05) is 24.5 Å². The van der Waals surface area contributed by atoms with Crippen molar-refractivity contribution in [2.75, 3.05) is 19.0 Å². The van der Waals surface area contributed by atoms with Crippen molar-refractivity contribution in [3.05, 3.63) is 100 Å². The average molecular weight is 556 g/mol. The van der Waals surface area contributed by atoms with Crippen molar-refractivity contribution >= 4 is 50.0 Å². The van der Waals surface area contributed by atoms with E-state index in [4.69, 9.17) is 16.3 Å². The van der Waals surface area contributed by atoms with E-state index in [9.17, 15) is 18.0 Å². The van der Waals surface area contributed by atoms with Crippen LogP contribution in [0.3, 0.4) is 0 Å². The fourth-order valence-corrected chi connectivity index (χ4v) is 5.48. The van der Waals surface area contributed by atoms with E-state index in [2.05, 4.69) is 10.3 Å². The van der Waals surface area contributed by atoms with Crippen molar-refractivity contribution in [3.63, 3.8) is 0 Å². The number of halogens is 1. The molecular formula is C26H22ClN3O5S2. The Labute approximate surface area is 223 Å². The first-order valence-electron chi connectivity index (χ1n) is 11.0. The summed E-state index contributed by atoms with van der Waals surface area (Å²) in [5, 5.41) is 4.74. The molecule has 1 aromatic heterocycles. The zero-order chi connectivity index (χ0) is 26.4. The molecule has 37 heavy (non-hydrogen) atoms. The third-order valence-electron chi connectivity index (χ3n) is 5.27. The van der Waals surface area contributed by atoms with Gasteiger partial charge in [-0.2, -0.15) is 4.31 Å². The number of hydrogen-bond acceptors (Lipinski definition) is 7. The van der Waals surface area contributed by atoms with Crippen LogP contribution in [-0.2, 0) is 26.1 Å². The molecule has 0 aliphatic carbocycles. The minimum Gasteiger partial charge on any atom is -0.452 e. The van der Waals surface area contributed by atoms with Crippen LogP contribution in [0.4, 0.5) is 5.13 Å². The molecule has 0 spiro atoms. The summed E-state index contributed by atoms with van der Waals surface area (Å²) in [6, 6.07) is 22.4. The van der Waals surface area contributed by atoms with Gasteiger partial charge >= 0.3 is 5.97 Å². The number of ether oxygens (including phenoxy) is 1. The molecule has 3 aromatic carbocycles. The summed E-state index contributed by atoms with van der Waals surface area (Å²) in [6.07, 6.45) is 0. The van der Waals surface area contributed by atoms with Crippen LogP contribution in [0.1, 0.15) is 15.9 Å². The molecule has 0 radical (unpaired) electrons. The highest BCUT2D eigenvalue weighted by Crippen LogP contribution is 2.26. The number of thiazole rings is 1. The van der Waals surface area contributed by atoms with Gasteiger partial charge in [0.15, 0.2) is 11.7 Å². The Morgan fingerprint density at radius 1 is 1.03 bits per heavy atom. The maximum Gasteiger partial charge on any atom is 0.340 e. The molecule has 0 saturated carbocycles. The minimum absolute atomic E-state index is 0.00231. The molecule has 8 nitrogen and oxygen atoms in total. The first-order valence-corrected chi connectivity index (χ1v) is 13.7. The standard InChI is InChI=1S/C26H22ClN3O5S2/c1-30(15-18-8-4-2-5-9-18)37(33,34)20-12-13-22(27)21(14-20)25(32)35-16-24(31)29-26-28-23(17-36-26)19-10-6-3-7-11-19/h2-14,17H,15-16H2,1H3,(H,28,29,31). The molecule has 0 unspecified atom stereocenters. The number of rotatable bonds is 9. The zero-order valence-electron chi connectivity index (χ0n) is 19.6. The molecule has 1 N–H and O–H groups in total. The Morgan fingerprint density at radius 2 is 1.70 bits per heavy atom. The smallest absolute Gasteiger partial charge is 0.340 e. The van der Waals surface area contributed by atoms with Gasteiger partial charge in [-0.3, -0.25) is 10.1 Å². The number of anilines is 1. The molecule has 0 fully saturated rings. The lowest BCUT2D eigenvalue weighted by Gasteiger charge is -2.18. The number of nitrogens with zero attached hydrogens (tertiary/aromatic N) is 2. The van der Waals surface area contributed by atoms with Crippen LogP contribution in [0.25, 0.3) is 11.3 Å². The van der Waals surface area contributed by atoms with E-state index in [1.54, 1.807) is 5.38 Å². The number of amides is 1. The van der Waals surface area contributed by atoms with Crippen LogP contribution in [0.5, 0.6) is 0 Å². The maximum absolute atomic E-state index is 13.1. The van der Waals surface area contributed by atoms with Gasteiger partial charge in [0.05, 0.1) is 21.2 Å². The monoisotopic (exact) mass is 555 g/mol. The van der Waals surface area contributed by atoms with Gasteiger partial charge < -0.3 is 4.74 Å². The summed E-state index contributed by atoms with van der Waals surface area (Å²) in [6.45, 7) is -0.450. The first-order chi connectivity index (χ1) is 17.7. The van der Waals surface area contributed by atoms with Gasteiger partial charge in [0.1, 0.15) is 0 Å². The normalized spacial score (nSPS) is 11.3. The summed E-state index contributed by atoms with van der Waals surface area (Å²) in [5.41, 5.74) is 2.26. The number of sulfonamides is 1. The Balaban J connectivity index is 1.39. The highest BCUT2D eigenvalue weighted by molar-refractivity contribution is 7.89. The molecular weight excluding hydrogens is 534 g/mol. The van der Waals surface area contributed by atoms with E-state index in [1.807, 2.05) is 60.7 Å². The van der Waals surface area contributed by atoms with Crippen LogP contribution in [0.2, 0.25) is 5.02 Å². The number of carbonyl (C=O) groups is 2. The fraction of sp³-hybridized carbons (Fsp3) is 0.115. The van der Waals surface area contributed by atoms with E-state index in [1.165, 1.54) is 34.8 Å². The largest absolute Gasteiger partial charge is 0.452 e. The Kier molecular flexibility index (Phi) is 8.34. The number of benzene rings is 3. The molecule has 0 aliphatic heterocycles.